The normalized spacial score (nSPS) is 12.0. The van der Waals surface area contributed by atoms with Gasteiger partial charge in [-0.2, -0.15) is 13.2 Å². The average Bonchev–Trinajstić information content (AvgIpc) is 3.24. The quantitative estimate of drug-likeness (QED) is 0.544. The van der Waals surface area contributed by atoms with Crippen molar-refractivity contribution in [1.82, 2.24) is 15.3 Å². The van der Waals surface area contributed by atoms with Gasteiger partial charge in [0.05, 0.1) is 10.4 Å². The zero-order valence-electron chi connectivity index (χ0n) is 13.2. The van der Waals surface area contributed by atoms with Crippen LogP contribution in [0.15, 0.2) is 48.8 Å². The Bertz CT molecular complexity index is 1110. The molecule has 0 radical (unpaired) electrons. The number of alkyl halides is 3. The summed E-state index contributed by atoms with van der Waals surface area (Å²) < 4.78 is 39.2. The average molecular weight is 375 g/mol. The number of halogens is 3. The molecule has 4 rings (SSSR count). The molecule has 0 aliphatic carbocycles. The van der Waals surface area contributed by atoms with E-state index in [-0.39, 0.29) is 12.5 Å². The van der Waals surface area contributed by atoms with Gasteiger partial charge >= 0.3 is 6.18 Å². The minimum absolute atomic E-state index is 0.0226. The van der Waals surface area contributed by atoms with E-state index in [1.165, 1.54) is 17.4 Å². The number of nitrogens with one attached hydrogen (secondary N) is 2. The summed E-state index contributed by atoms with van der Waals surface area (Å²) in [6, 6.07) is 8.56. The molecular formula is C18H12F3N3OS. The lowest BCUT2D eigenvalue weighted by Crippen LogP contribution is -2.22. The van der Waals surface area contributed by atoms with Gasteiger partial charge in [-0.15, -0.1) is 11.3 Å². The molecule has 2 N–H and O–H groups in total. The first kappa shape index (κ1) is 16.6. The van der Waals surface area contributed by atoms with Crippen LogP contribution in [0.4, 0.5) is 13.2 Å². The molecule has 4 aromatic rings. The lowest BCUT2D eigenvalue weighted by atomic mass is 10.1. The number of hydrogen-bond acceptors (Lipinski definition) is 3. The van der Waals surface area contributed by atoms with Crippen LogP contribution in [0.5, 0.6) is 0 Å². The topological polar surface area (TPSA) is 57.8 Å². The number of aromatic nitrogens is 2. The fourth-order valence-corrected chi connectivity index (χ4v) is 3.81. The van der Waals surface area contributed by atoms with Gasteiger partial charge in [0.15, 0.2) is 0 Å². The Morgan fingerprint density at radius 3 is 2.88 bits per heavy atom. The predicted octanol–water partition coefficient (Wildman–Crippen LogP) is 4.73. The molecule has 1 aromatic carbocycles. The maximum absolute atomic E-state index is 12.8. The number of thiophene rings is 1. The summed E-state index contributed by atoms with van der Waals surface area (Å²) >= 11 is 1.33. The van der Waals surface area contributed by atoms with E-state index in [0.717, 1.165) is 33.3 Å². The highest BCUT2D eigenvalue weighted by atomic mass is 32.1. The third-order valence-electron chi connectivity index (χ3n) is 3.99. The van der Waals surface area contributed by atoms with E-state index >= 15 is 0 Å². The van der Waals surface area contributed by atoms with E-state index in [1.807, 2.05) is 6.07 Å². The number of rotatable bonds is 3. The van der Waals surface area contributed by atoms with Crippen LogP contribution in [0.3, 0.4) is 0 Å². The Morgan fingerprint density at radius 1 is 1.23 bits per heavy atom. The van der Waals surface area contributed by atoms with Crippen LogP contribution in [0.25, 0.3) is 21.1 Å². The first-order valence-electron chi connectivity index (χ1n) is 7.72. The van der Waals surface area contributed by atoms with Crippen molar-refractivity contribution >= 4 is 38.4 Å². The minimum Gasteiger partial charge on any atom is -0.347 e. The first-order valence-corrected chi connectivity index (χ1v) is 8.53. The van der Waals surface area contributed by atoms with Crippen molar-refractivity contribution in [1.29, 1.82) is 0 Å². The number of H-pyrrole nitrogens is 1. The number of carbonyl (C=O) groups is 1. The van der Waals surface area contributed by atoms with Crippen LogP contribution in [-0.4, -0.2) is 15.9 Å². The molecule has 26 heavy (non-hydrogen) atoms. The number of amides is 1. The summed E-state index contributed by atoms with van der Waals surface area (Å²) in [4.78, 5) is 20.2. The number of aromatic amines is 1. The zero-order valence-corrected chi connectivity index (χ0v) is 14.0. The number of benzene rings is 1. The molecule has 0 aliphatic rings. The molecule has 132 valence electrons. The third kappa shape index (κ3) is 3.03. The lowest BCUT2D eigenvalue weighted by molar-refractivity contribution is -0.137. The van der Waals surface area contributed by atoms with E-state index in [2.05, 4.69) is 15.3 Å². The molecule has 0 unspecified atom stereocenters. The molecule has 3 aromatic heterocycles. The summed E-state index contributed by atoms with van der Waals surface area (Å²) in [7, 11) is 0. The maximum Gasteiger partial charge on any atom is 0.416 e. The van der Waals surface area contributed by atoms with Crippen LogP contribution in [0.2, 0.25) is 0 Å². The smallest absolute Gasteiger partial charge is 0.347 e. The van der Waals surface area contributed by atoms with Crippen molar-refractivity contribution in [3.8, 4) is 0 Å². The molecule has 0 saturated heterocycles. The van der Waals surface area contributed by atoms with Gasteiger partial charge < -0.3 is 10.3 Å². The highest BCUT2D eigenvalue weighted by molar-refractivity contribution is 7.21. The molecular weight excluding hydrogens is 363 g/mol. The fourth-order valence-electron chi connectivity index (χ4n) is 2.74. The van der Waals surface area contributed by atoms with E-state index in [1.54, 1.807) is 24.5 Å². The molecule has 0 aliphatic heterocycles. The maximum atomic E-state index is 12.8. The highest BCUT2D eigenvalue weighted by Gasteiger charge is 2.30. The van der Waals surface area contributed by atoms with E-state index < -0.39 is 11.7 Å². The Labute approximate surface area is 149 Å². The van der Waals surface area contributed by atoms with Crippen LogP contribution >= 0.6 is 11.3 Å². The van der Waals surface area contributed by atoms with E-state index in [0.29, 0.717) is 10.4 Å². The second-order valence-electron chi connectivity index (χ2n) is 5.77. The van der Waals surface area contributed by atoms with Gasteiger partial charge in [-0.25, -0.2) is 4.98 Å². The van der Waals surface area contributed by atoms with Gasteiger partial charge in [0.25, 0.3) is 5.91 Å². The predicted molar refractivity (Wildman–Crippen MR) is 94.1 cm³/mol. The molecule has 0 saturated carbocycles. The Morgan fingerprint density at radius 2 is 2.08 bits per heavy atom. The Hall–Kier alpha value is -2.87. The molecule has 4 nitrogen and oxygen atoms in total. The third-order valence-corrected chi connectivity index (χ3v) is 5.18. The number of pyridine rings is 1. The van der Waals surface area contributed by atoms with Crippen molar-refractivity contribution in [2.24, 2.45) is 0 Å². The van der Waals surface area contributed by atoms with E-state index in [4.69, 9.17) is 0 Å². The Balaban J connectivity index is 1.54. The molecule has 0 bridgehead atoms. The van der Waals surface area contributed by atoms with Crippen LogP contribution in [-0.2, 0) is 12.7 Å². The molecule has 0 atom stereocenters. The van der Waals surface area contributed by atoms with Crippen molar-refractivity contribution < 1.29 is 18.0 Å². The van der Waals surface area contributed by atoms with Crippen LogP contribution in [0.1, 0.15) is 20.8 Å². The van der Waals surface area contributed by atoms with Crippen molar-refractivity contribution in [2.45, 2.75) is 12.7 Å². The van der Waals surface area contributed by atoms with Crippen molar-refractivity contribution in [3.05, 3.63) is 64.8 Å². The SMILES string of the molecule is O=C(NCc1cccc(C(F)(F)F)c1)c1cc2cnc3[nH]ccc3c2s1. The molecule has 0 spiro atoms. The Kier molecular flexibility index (Phi) is 3.91. The second kappa shape index (κ2) is 6.14. The van der Waals surface area contributed by atoms with Crippen LogP contribution in [0, 0.1) is 0 Å². The van der Waals surface area contributed by atoms with Crippen molar-refractivity contribution in [2.75, 3.05) is 0 Å². The summed E-state index contributed by atoms with van der Waals surface area (Å²) in [5.41, 5.74) is 0.409. The molecule has 8 heteroatoms. The van der Waals surface area contributed by atoms with Crippen LogP contribution < -0.4 is 5.32 Å². The number of hydrogen-bond donors (Lipinski definition) is 2. The van der Waals surface area contributed by atoms with Gasteiger partial charge in [-0.3, -0.25) is 4.79 Å². The summed E-state index contributed by atoms with van der Waals surface area (Å²) in [6.45, 7) is 0.0226. The monoisotopic (exact) mass is 375 g/mol. The fraction of sp³-hybridized carbons (Fsp3) is 0.111. The number of fused-ring (bicyclic) bond motifs is 3. The second-order valence-corrected chi connectivity index (χ2v) is 6.83. The minimum atomic E-state index is -4.40. The van der Waals surface area contributed by atoms with Gasteiger partial charge in [-0.05, 0) is 29.8 Å². The van der Waals surface area contributed by atoms with Gasteiger partial charge in [-0.1, -0.05) is 12.1 Å². The summed E-state index contributed by atoms with van der Waals surface area (Å²) in [6.07, 6.45) is -0.932. The van der Waals surface area contributed by atoms with Gasteiger partial charge in [0.2, 0.25) is 0 Å². The van der Waals surface area contributed by atoms with Gasteiger partial charge in [0.1, 0.15) is 5.65 Å². The van der Waals surface area contributed by atoms with Gasteiger partial charge in [0, 0.05) is 34.4 Å². The highest BCUT2D eigenvalue weighted by Crippen LogP contribution is 2.31. The molecule has 0 fully saturated rings. The number of nitrogens with zero attached hydrogens (tertiary/aromatic N) is 1. The zero-order chi connectivity index (χ0) is 18.3. The molecule has 3 heterocycles. The largest absolute Gasteiger partial charge is 0.416 e. The number of carbonyl (C=O) groups excluding carboxylic acids is 1. The summed E-state index contributed by atoms with van der Waals surface area (Å²) in [5, 5.41) is 4.46. The lowest BCUT2D eigenvalue weighted by Gasteiger charge is -2.09. The summed E-state index contributed by atoms with van der Waals surface area (Å²) in [5.74, 6) is -0.327. The van der Waals surface area contributed by atoms with Crippen molar-refractivity contribution in [3.63, 3.8) is 0 Å². The first-order chi connectivity index (χ1) is 12.4. The molecule has 1 amide bonds. The standard InChI is InChI=1S/C18H12F3N3OS/c19-18(20,21)12-3-1-2-10(6-12)8-24-17(25)14-7-11-9-23-16-13(4-5-22-16)15(11)26-14/h1-7,9H,8H2,(H,22,23)(H,24,25). The van der Waals surface area contributed by atoms with E-state index in [9.17, 15) is 18.0 Å².